The number of nitrogens with one attached hydrogen (secondary N) is 2. The molecule has 3 aromatic heterocycles. The van der Waals surface area contributed by atoms with E-state index in [-0.39, 0.29) is 24.6 Å². The Morgan fingerprint density at radius 3 is 2.80 bits per heavy atom. The van der Waals surface area contributed by atoms with Gasteiger partial charge in [0.05, 0.1) is 17.9 Å². The van der Waals surface area contributed by atoms with Crippen LogP contribution in [-0.4, -0.2) is 88.0 Å². The minimum atomic E-state index is -0.955. The summed E-state index contributed by atoms with van der Waals surface area (Å²) in [5, 5.41) is 20.4. The molecule has 1 unspecified atom stereocenters. The number of nitrogen functional groups attached to an aromatic ring is 1. The van der Waals surface area contributed by atoms with E-state index in [1.54, 1.807) is 15.9 Å². The van der Waals surface area contributed by atoms with Crippen LogP contribution in [0.4, 0.5) is 16.3 Å². The molecule has 1 saturated carbocycles. The van der Waals surface area contributed by atoms with Gasteiger partial charge in [0, 0.05) is 43.6 Å². The Morgan fingerprint density at radius 2 is 2.08 bits per heavy atom. The van der Waals surface area contributed by atoms with Crippen LogP contribution in [0.1, 0.15) is 51.8 Å². The Morgan fingerprint density at radius 1 is 1.23 bits per heavy atom. The fourth-order valence-electron chi connectivity index (χ4n) is 5.70. The smallest absolute Gasteiger partial charge is 0.407 e. The number of fused-ring (bicyclic) bond motifs is 1. The number of aromatic nitrogens is 3. The Labute approximate surface area is 234 Å². The third kappa shape index (κ3) is 4.62. The fourth-order valence-corrected chi connectivity index (χ4v) is 6.86. The molecule has 5 N–H and O–H groups in total. The fraction of sp³-hybridized carbons (Fsp3) is 0.481. The van der Waals surface area contributed by atoms with Crippen molar-refractivity contribution >= 4 is 45.9 Å². The second kappa shape index (κ2) is 9.97. The van der Waals surface area contributed by atoms with Crippen molar-refractivity contribution in [2.24, 2.45) is 0 Å². The number of hydrogen-bond donors (Lipinski definition) is 4. The van der Waals surface area contributed by atoms with Crippen LogP contribution in [-0.2, 0) is 0 Å². The van der Waals surface area contributed by atoms with E-state index in [2.05, 4.69) is 31.7 Å². The summed E-state index contributed by atoms with van der Waals surface area (Å²) in [4.78, 5) is 34.7. The molecule has 0 aromatic carbocycles. The number of carbonyl (C=O) groups is 2. The van der Waals surface area contributed by atoms with E-state index in [0.29, 0.717) is 41.0 Å². The molecule has 1 aliphatic carbocycles. The second-order valence-electron chi connectivity index (χ2n) is 11.0. The molecular formula is C27H32N8O4S. The van der Waals surface area contributed by atoms with Gasteiger partial charge in [-0.2, -0.15) is 5.10 Å². The summed E-state index contributed by atoms with van der Waals surface area (Å²) in [7, 11) is 0. The molecule has 13 heteroatoms. The molecule has 210 valence electrons. The monoisotopic (exact) mass is 564 g/mol. The predicted octanol–water partition coefficient (Wildman–Crippen LogP) is 2.38. The first kappa shape index (κ1) is 25.1. The zero-order valence-electron chi connectivity index (χ0n) is 22.0. The molecule has 4 aliphatic rings. The highest BCUT2D eigenvalue weighted by atomic mass is 32.1. The SMILES string of the molecule is Nc1ncnn2c(C3=CCN(C(=O)O)C3)cc(N3CCCC(NC(=O)c4sc(C5CC5)cc4OC4CNC4)C3)c12. The topological polar surface area (TPSA) is 150 Å². The van der Waals surface area contributed by atoms with Crippen molar-refractivity contribution in [2.45, 2.75) is 43.7 Å². The van der Waals surface area contributed by atoms with Crippen molar-refractivity contribution in [1.82, 2.24) is 30.1 Å². The Balaban J connectivity index is 1.12. The highest BCUT2D eigenvalue weighted by Crippen LogP contribution is 2.46. The molecule has 0 spiro atoms. The van der Waals surface area contributed by atoms with Gasteiger partial charge in [-0.25, -0.2) is 14.3 Å². The van der Waals surface area contributed by atoms with Crippen molar-refractivity contribution in [3.63, 3.8) is 0 Å². The minimum absolute atomic E-state index is 0.0524. The Bertz CT molecular complexity index is 1510. The van der Waals surface area contributed by atoms with Crippen LogP contribution in [0.3, 0.4) is 0 Å². The number of carboxylic acid groups (broad SMARTS) is 1. The molecule has 40 heavy (non-hydrogen) atoms. The molecule has 0 radical (unpaired) electrons. The van der Waals surface area contributed by atoms with Crippen LogP contribution in [0.2, 0.25) is 0 Å². The van der Waals surface area contributed by atoms with E-state index in [9.17, 15) is 14.7 Å². The summed E-state index contributed by atoms with van der Waals surface area (Å²) in [6.45, 7) is 3.64. The van der Waals surface area contributed by atoms with Crippen molar-refractivity contribution < 1.29 is 19.4 Å². The van der Waals surface area contributed by atoms with E-state index < -0.39 is 6.09 Å². The highest BCUT2D eigenvalue weighted by molar-refractivity contribution is 7.14. The van der Waals surface area contributed by atoms with E-state index in [1.807, 2.05) is 12.1 Å². The third-order valence-corrected chi connectivity index (χ3v) is 9.40. The van der Waals surface area contributed by atoms with Crippen molar-refractivity contribution in [2.75, 3.05) is 49.9 Å². The molecule has 3 aliphatic heterocycles. The van der Waals surface area contributed by atoms with Crippen LogP contribution < -0.4 is 26.0 Å². The summed E-state index contributed by atoms with van der Waals surface area (Å²) < 4.78 is 7.93. The maximum atomic E-state index is 13.5. The van der Waals surface area contributed by atoms with Crippen molar-refractivity contribution in [3.05, 3.63) is 40.0 Å². The lowest BCUT2D eigenvalue weighted by molar-refractivity contribution is 0.0924. The number of amides is 2. The maximum absolute atomic E-state index is 13.5. The van der Waals surface area contributed by atoms with Gasteiger partial charge in [-0.15, -0.1) is 11.3 Å². The average molecular weight is 565 g/mol. The van der Waals surface area contributed by atoms with Crippen molar-refractivity contribution in [1.29, 1.82) is 0 Å². The zero-order chi connectivity index (χ0) is 27.4. The number of hydrogen-bond acceptors (Lipinski definition) is 9. The largest absolute Gasteiger partial charge is 0.486 e. The molecule has 12 nitrogen and oxygen atoms in total. The van der Waals surface area contributed by atoms with Gasteiger partial charge in [0.1, 0.15) is 28.6 Å². The number of rotatable bonds is 7. The predicted molar refractivity (Wildman–Crippen MR) is 151 cm³/mol. The summed E-state index contributed by atoms with van der Waals surface area (Å²) in [6.07, 6.45) is 6.60. The summed E-state index contributed by atoms with van der Waals surface area (Å²) in [6, 6.07) is 4.04. The van der Waals surface area contributed by atoms with Crippen LogP contribution in [0.15, 0.2) is 24.5 Å². The van der Waals surface area contributed by atoms with Gasteiger partial charge in [-0.3, -0.25) is 4.79 Å². The zero-order valence-corrected chi connectivity index (χ0v) is 22.8. The number of thiophene rings is 1. The lowest BCUT2D eigenvalue weighted by atomic mass is 10.0. The molecule has 3 aromatic rings. The van der Waals surface area contributed by atoms with E-state index in [4.69, 9.17) is 10.5 Å². The molecule has 2 saturated heterocycles. The molecule has 3 fully saturated rings. The first-order valence-corrected chi connectivity index (χ1v) is 14.6. The molecule has 2 amide bonds. The minimum Gasteiger partial charge on any atom is -0.486 e. The number of nitrogens with two attached hydrogens (primary N) is 1. The number of carbonyl (C=O) groups excluding carboxylic acids is 1. The average Bonchev–Trinajstić information content (AvgIpc) is 3.32. The van der Waals surface area contributed by atoms with Crippen molar-refractivity contribution in [3.8, 4) is 5.75 Å². The van der Waals surface area contributed by atoms with Gasteiger partial charge < -0.3 is 36.0 Å². The van der Waals surface area contributed by atoms with Crippen LogP contribution in [0, 0.1) is 0 Å². The van der Waals surface area contributed by atoms with E-state index >= 15 is 0 Å². The van der Waals surface area contributed by atoms with E-state index in [1.165, 1.54) is 28.9 Å². The van der Waals surface area contributed by atoms with Crippen LogP contribution in [0.5, 0.6) is 5.75 Å². The third-order valence-electron chi connectivity index (χ3n) is 8.12. The Hall–Kier alpha value is -3.84. The van der Waals surface area contributed by atoms with Gasteiger partial charge in [0.15, 0.2) is 5.82 Å². The van der Waals surface area contributed by atoms with Gasteiger partial charge in [0.25, 0.3) is 5.91 Å². The number of ether oxygens (including phenoxy) is 1. The van der Waals surface area contributed by atoms with Gasteiger partial charge >= 0.3 is 6.09 Å². The summed E-state index contributed by atoms with van der Waals surface area (Å²) >= 11 is 1.56. The standard InChI is InChI=1S/C27H32N8O4S/c28-25-23-20(8-19(35(23)31-14-30-25)16-5-7-34(12-16)27(37)38)33-6-1-2-17(13-33)32-26(36)24-21(39-18-10-29-11-18)9-22(40-24)15-3-4-15/h5,8-9,14-15,17-18,29H,1-4,6-7,10-13H2,(H,32,36)(H,37,38)(H2,28,30,31). The van der Waals surface area contributed by atoms with Crippen LogP contribution >= 0.6 is 11.3 Å². The van der Waals surface area contributed by atoms with Gasteiger partial charge in [-0.1, -0.05) is 6.08 Å². The van der Waals surface area contributed by atoms with E-state index in [0.717, 1.165) is 49.4 Å². The maximum Gasteiger partial charge on any atom is 0.407 e. The normalized spacial score (nSPS) is 21.4. The lowest BCUT2D eigenvalue weighted by Gasteiger charge is -2.34. The van der Waals surface area contributed by atoms with Gasteiger partial charge in [-0.05, 0) is 49.3 Å². The highest BCUT2D eigenvalue weighted by Gasteiger charge is 2.33. The summed E-state index contributed by atoms with van der Waals surface area (Å²) in [5.74, 6) is 1.54. The first-order chi connectivity index (χ1) is 19.4. The number of piperidine rings is 1. The molecule has 7 rings (SSSR count). The quantitative estimate of drug-likeness (QED) is 0.339. The lowest BCUT2D eigenvalue weighted by Crippen LogP contribution is -2.50. The molecule has 1 atom stereocenters. The number of nitrogens with zero attached hydrogens (tertiary/aromatic N) is 5. The Kier molecular flexibility index (Phi) is 6.27. The number of anilines is 2. The van der Waals surface area contributed by atoms with Gasteiger partial charge in [0.2, 0.25) is 0 Å². The second-order valence-corrected chi connectivity index (χ2v) is 12.1. The molecule has 0 bridgehead atoms. The van der Waals surface area contributed by atoms with Crippen LogP contribution in [0.25, 0.3) is 11.1 Å². The first-order valence-electron chi connectivity index (χ1n) is 13.8. The molecule has 6 heterocycles. The summed E-state index contributed by atoms with van der Waals surface area (Å²) in [5.41, 5.74) is 9.59. The molecular weight excluding hydrogens is 532 g/mol.